The summed E-state index contributed by atoms with van der Waals surface area (Å²) < 4.78 is 1.50. The Hall–Kier alpha value is -2.38. The Balaban J connectivity index is 2.44. The molecule has 8 heteroatoms. The third-order valence-electron chi connectivity index (χ3n) is 2.72. The number of hydrogen-bond acceptors (Lipinski definition) is 6. The quantitative estimate of drug-likeness (QED) is 0.867. The molecule has 0 amide bonds. The fourth-order valence-corrected chi connectivity index (χ4v) is 1.78. The third-order valence-corrected chi connectivity index (χ3v) is 2.72. The molecule has 1 atom stereocenters. The normalized spacial score (nSPS) is 12.4. The molecule has 0 saturated heterocycles. The van der Waals surface area contributed by atoms with E-state index in [1.54, 1.807) is 6.92 Å². The Kier molecular flexibility index (Phi) is 3.50. The van der Waals surface area contributed by atoms with Gasteiger partial charge in [0, 0.05) is 5.56 Å². The van der Waals surface area contributed by atoms with Crippen LogP contribution in [0.25, 0.3) is 11.4 Å². The molecule has 0 aromatic carbocycles. The SMILES string of the molecule is Cc1cc(-c2nnnn2C(C)CC(=O)O)c(C)nn1. The monoisotopic (exact) mass is 262 g/mol. The van der Waals surface area contributed by atoms with Crippen LogP contribution in [-0.4, -0.2) is 41.5 Å². The van der Waals surface area contributed by atoms with E-state index in [9.17, 15) is 4.79 Å². The van der Waals surface area contributed by atoms with E-state index in [2.05, 4.69) is 25.7 Å². The summed E-state index contributed by atoms with van der Waals surface area (Å²) in [5, 5.41) is 28.2. The van der Waals surface area contributed by atoms with Crippen LogP contribution in [0.3, 0.4) is 0 Å². The first-order valence-electron chi connectivity index (χ1n) is 5.80. The average Bonchev–Trinajstić information content (AvgIpc) is 2.80. The van der Waals surface area contributed by atoms with Crippen LogP contribution >= 0.6 is 0 Å². The summed E-state index contributed by atoms with van der Waals surface area (Å²) in [5.74, 6) is -0.390. The van der Waals surface area contributed by atoms with Gasteiger partial charge in [-0.05, 0) is 37.3 Å². The molecule has 8 nitrogen and oxygen atoms in total. The molecular formula is C11H14N6O2. The van der Waals surface area contributed by atoms with Crippen LogP contribution in [0.1, 0.15) is 30.8 Å². The Bertz CT molecular complexity index is 609. The number of hydrogen-bond donors (Lipinski definition) is 1. The standard InChI is InChI=1S/C11H14N6O2/c1-6-4-9(8(3)13-12-6)11-14-15-16-17(11)7(2)5-10(18)19/h4,7H,5H2,1-3H3,(H,18,19). The van der Waals surface area contributed by atoms with Gasteiger partial charge in [0.25, 0.3) is 0 Å². The van der Waals surface area contributed by atoms with Crippen molar-refractivity contribution in [2.24, 2.45) is 0 Å². The lowest BCUT2D eigenvalue weighted by atomic mass is 10.1. The maximum Gasteiger partial charge on any atom is 0.305 e. The zero-order chi connectivity index (χ0) is 14.0. The van der Waals surface area contributed by atoms with Gasteiger partial charge in [-0.1, -0.05) is 0 Å². The van der Waals surface area contributed by atoms with Crippen molar-refractivity contribution in [1.82, 2.24) is 30.4 Å². The van der Waals surface area contributed by atoms with Gasteiger partial charge in [-0.15, -0.1) is 5.10 Å². The molecule has 0 fully saturated rings. The van der Waals surface area contributed by atoms with Crippen molar-refractivity contribution in [3.63, 3.8) is 0 Å². The van der Waals surface area contributed by atoms with Gasteiger partial charge in [-0.2, -0.15) is 10.2 Å². The van der Waals surface area contributed by atoms with Crippen LogP contribution in [0, 0.1) is 13.8 Å². The number of aliphatic carboxylic acids is 1. The molecule has 0 aliphatic carbocycles. The van der Waals surface area contributed by atoms with Gasteiger partial charge < -0.3 is 5.11 Å². The predicted molar refractivity (Wildman–Crippen MR) is 65.3 cm³/mol. The van der Waals surface area contributed by atoms with Gasteiger partial charge >= 0.3 is 5.97 Å². The summed E-state index contributed by atoms with van der Waals surface area (Å²) in [6.45, 7) is 5.39. The molecule has 2 rings (SSSR count). The predicted octanol–water partition coefficient (Wildman–Crippen LogP) is 0.783. The van der Waals surface area contributed by atoms with Crippen molar-refractivity contribution in [2.75, 3.05) is 0 Å². The van der Waals surface area contributed by atoms with Crippen LogP contribution in [-0.2, 0) is 4.79 Å². The molecule has 2 aromatic heterocycles. The third kappa shape index (κ3) is 2.72. The highest BCUT2D eigenvalue weighted by Crippen LogP contribution is 2.22. The molecule has 1 unspecified atom stereocenters. The van der Waals surface area contributed by atoms with Gasteiger partial charge in [-0.3, -0.25) is 4.79 Å². The largest absolute Gasteiger partial charge is 0.481 e. The summed E-state index contributed by atoms with van der Waals surface area (Å²) in [7, 11) is 0. The highest BCUT2D eigenvalue weighted by molar-refractivity contribution is 5.67. The molecule has 0 spiro atoms. The van der Waals surface area contributed by atoms with E-state index in [1.165, 1.54) is 4.68 Å². The Labute approximate surface area is 109 Å². The van der Waals surface area contributed by atoms with Gasteiger partial charge in [0.2, 0.25) is 0 Å². The first kappa shape index (κ1) is 13.1. The van der Waals surface area contributed by atoms with Crippen molar-refractivity contribution in [3.8, 4) is 11.4 Å². The maximum atomic E-state index is 10.8. The number of rotatable bonds is 4. The van der Waals surface area contributed by atoms with E-state index in [1.807, 2.05) is 19.9 Å². The summed E-state index contributed by atoms with van der Waals surface area (Å²) in [4.78, 5) is 10.8. The second-order valence-corrected chi connectivity index (χ2v) is 4.38. The molecule has 0 saturated carbocycles. The minimum Gasteiger partial charge on any atom is -0.481 e. The zero-order valence-electron chi connectivity index (χ0n) is 10.9. The van der Waals surface area contributed by atoms with Crippen LogP contribution in [0.4, 0.5) is 0 Å². The highest BCUT2D eigenvalue weighted by atomic mass is 16.4. The van der Waals surface area contributed by atoms with E-state index in [4.69, 9.17) is 5.11 Å². The van der Waals surface area contributed by atoms with Crippen molar-refractivity contribution >= 4 is 5.97 Å². The Morgan fingerprint density at radius 1 is 1.37 bits per heavy atom. The number of tetrazole rings is 1. The fourth-order valence-electron chi connectivity index (χ4n) is 1.78. The molecule has 1 N–H and O–H groups in total. The summed E-state index contributed by atoms with van der Waals surface area (Å²) in [5.41, 5.74) is 2.21. The smallest absolute Gasteiger partial charge is 0.305 e. The first-order chi connectivity index (χ1) is 8.99. The minimum atomic E-state index is -0.894. The number of carboxylic acid groups (broad SMARTS) is 1. The van der Waals surface area contributed by atoms with Gasteiger partial charge in [0.15, 0.2) is 5.82 Å². The summed E-state index contributed by atoms with van der Waals surface area (Å²) in [6.07, 6.45) is -0.0470. The second-order valence-electron chi connectivity index (χ2n) is 4.38. The molecule has 0 aliphatic heterocycles. The van der Waals surface area contributed by atoms with Crippen LogP contribution in [0.5, 0.6) is 0 Å². The van der Waals surface area contributed by atoms with Gasteiger partial charge in [-0.25, -0.2) is 4.68 Å². The summed E-state index contributed by atoms with van der Waals surface area (Å²) >= 11 is 0. The lowest BCUT2D eigenvalue weighted by Gasteiger charge is -2.11. The lowest BCUT2D eigenvalue weighted by Crippen LogP contribution is -2.14. The molecule has 0 radical (unpaired) electrons. The number of aromatic nitrogens is 6. The second kappa shape index (κ2) is 5.09. The molecule has 0 bridgehead atoms. The zero-order valence-corrected chi connectivity index (χ0v) is 10.9. The van der Waals surface area contributed by atoms with Crippen molar-refractivity contribution in [3.05, 3.63) is 17.5 Å². The number of nitrogens with zero attached hydrogens (tertiary/aromatic N) is 6. The number of carbonyl (C=O) groups is 1. The Morgan fingerprint density at radius 2 is 2.11 bits per heavy atom. The van der Waals surface area contributed by atoms with Crippen LogP contribution < -0.4 is 0 Å². The highest BCUT2D eigenvalue weighted by Gasteiger charge is 2.19. The summed E-state index contributed by atoms with van der Waals surface area (Å²) in [6, 6.07) is 1.49. The van der Waals surface area contributed by atoms with Gasteiger partial charge in [0.1, 0.15) is 0 Å². The maximum absolute atomic E-state index is 10.8. The molecule has 100 valence electrons. The molecule has 19 heavy (non-hydrogen) atoms. The molecule has 2 heterocycles. The van der Waals surface area contributed by atoms with E-state index >= 15 is 0 Å². The van der Waals surface area contributed by atoms with Crippen molar-refractivity contribution in [1.29, 1.82) is 0 Å². The first-order valence-corrected chi connectivity index (χ1v) is 5.80. The fraction of sp³-hybridized carbons (Fsp3) is 0.455. The van der Waals surface area contributed by atoms with E-state index in [0.717, 1.165) is 11.3 Å². The minimum absolute atomic E-state index is 0.0470. The Morgan fingerprint density at radius 3 is 2.79 bits per heavy atom. The number of aryl methyl sites for hydroxylation is 2. The lowest BCUT2D eigenvalue weighted by molar-refractivity contribution is -0.137. The van der Waals surface area contributed by atoms with Crippen molar-refractivity contribution in [2.45, 2.75) is 33.2 Å². The van der Waals surface area contributed by atoms with Crippen molar-refractivity contribution < 1.29 is 9.90 Å². The van der Waals surface area contributed by atoms with E-state index in [0.29, 0.717) is 11.5 Å². The molecule has 2 aromatic rings. The molecule has 0 aliphatic rings. The average molecular weight is 262 g/mol. The van der Waals surface area contributed by atoms with Crippen LogP contribution in [0.2, 0.25) is 0 Å². The van der Waals surface area contributed by atoms with E-state index in [-0.39, 0.29) is 12.5 Å². The van der Waals surface area contributed by atoms with Crippen LogP contribution in [0.15, 0.2) is 6.07 Å². The topological polar surface area (TPSA) is 107 Å². The van der Waals surface area contributed by atoms with E-state index < -0.39 is 5.97 Å². The van der Waals surface area contributed by atoms with Gasteiger partial charge in [0.05, 0.1) is 23.9 Å². The molecular weight excluding hydrogens is 248 g/mol. The number of carboxylic acids is 1.